The number of hydrogen-bond donors (Lipinski definition) is 1. The Morgan fingerprint density at radius 3 is 2.72 bits per heavy atom. The van der Waals surface area contributed by atoms with Gasteiger partial charge < -0.3 is 24.4 Å². The number of methoxy groups -OCH3 is 2. The average molecular weight is 371 g/mol. The molecule has 0 radical (unpaired) electrons. The van der Waals surface area contributed by atoms with Crippen LogP contribution in [0.15, 0.2) is 18.2 Å². The Labute approximate surface area is 154 Å². The number of aliphatic hydroxyl groups excluding tert-OH is 1. The van der Waals surface area contributed by atoms with Crippen LogP contribution in [0.1, 0.15) is 10.4 Å². The van der Waals surface area contributed by atoms with Gasteiger partial charge in [0.1, 0.15) is 5.75 Å². The minimum Gasteiger partial charge on any atom is -0.496 e. The first kappa shape index (κ1) is 20.0. The molecule has 6 nitrogen and oxygen atoms in total. The van der Waals surface area contributed by atoms with Crippen LogP contribution in [0.3, 0.4) is 0 Å². The van der Waals surface area contributed by atoms with Crippen molar-refractivity contribution in [2.24, 2.45) is 11.8 Å². The van der Waals surface area contributed by atoms with Gasteiger partial charge in [0.05, 0.1) is 19.3 Å². The lowest BCUT2D eigenvalue weighted by molar-refractivity contribution is 0.0775. The Kier molecular flexibility index (Phi) is 7.50. The summed E-state index contributed by atoms with van der Waals surface area (Å²) in [5.74, 6) is 0.690. The monoisotopic (exact) mass is 370 g/mol. The molecule has 1 aliphatic heterocycles. The SMILES string of the molecule is COCCN(C)C[C@@H]1CN(C(=O)c2cc(Cl)ccc2OC)C[C@@H]1CO. The Balaban J connectivity index is 2.08. The first-order chi connectivity index (χ1) is 12.0. The molecule has 0 bridgehead atoms. The van der Waals surface area contributed by atoms with Crippen LogP contribution in [-0.2, 0) is 4.74 Å². The molecule has 140 valence electrons. The van der Waals surface area contributed by atoms with Crippen LogP contribution in [0, 0.1) is 11.8 Å². The van der Waals surface area contributed by atoms with E-state index in [1.165, 1.54) is 7.11 Å². The van der Waals surface area contributed by atoms with Crippen molar-refractivity contribution in [3.63, 3.8) is 0 Å². The standard InChI is InChI=1S/C18H27ClN2O4/c1-20(6-7-24-2)9-13-10-21(11-14(13)12-22)18(23)16-8-15(19)4-5-17(16)25-3/h4-5,8,13-14,22H,6-7,9-12H2,1-3H3/t13-,14-/m1/s1. The zero-order valence-electron chi connectivity index (χ0n) is 15.1. The summed E-state index contributed by atoms with van der Waals surface area (Å²) in [5, 5.41) is 10.2. The largest absolute Gasteiger partial charge is 0.496 e. The molecule has 1 fully saturated rings. The number of halogens is 1. The minimum absolute atomic E-state index is 0.0686. The van der Waals surface area contributed by atoms with Gasteiger partial charge in [-0.25, -0.2) is 0 Å². The molecule has 1 aromatic rings. The van der Waals surface area contributed by atoms with E-state index in [1.807, 2.05) is 7.05 Å². The minimum atomic E-state index is -0.111. The van der Waals surface area contributed by atoms with Gasteiger partial charge in [0.25, 0.3) is 5.91 Å². The second kappa shape index (κ2) is 9.38. The summed E-state index contributed by atoms with van der Waals surface area (Å²) in [4.78, 5) is 16.9. The molecule has 25 heavy (non-hydrogen) atoms. The number of aliphatic hydroxyl groups is 1. The molecule has 2 atom stereocenters. The third-order valence-corrected chi connectivity index (χ3v) is 4.95. The summed E-state index contributed by atoms with van der Waals surface area (Å²) in [6, 6.07) is 5.03. The maximum absolute atomic E-state index is 12.9. The predicted octanol–water partition coefficient (Wildman–Crippen LogP) is 1.61. The molecule has 1 amide bonds. The van der Waals surface area contributed by atoms with Crippen molar-refractivity contribution < 1.29 is 19.4 Å². The Hall–Kier alpha value is -1.34. The van der Waals surface area contributed by atoms with Crippen LogP contribution in [0.4, 0.5) is 0 Å². The predicted molar refractivity (Wildman–Crippen MR) is 97.3 cm³/mol. The summed E-state index contributed by atoms with van der Waals surface area (Å²) < 4.78 is 10.4. The number of nitrogens with zero attached hydrogens (tertiary/aromatic N) is 2. The second-order valence-electron chi connectivity index (χ2n) is 6.51. The maximum Gasteiger partial charge on any atom is 0.257 e. The highest BCUT2D eigenvalue weighted by atomic mass is 35.5. The van der Waals surface area contributed by atoms with Crippen molar-refractivity contribution in [3.8, 4) is 5.75 Å². The van der Waals surface area contributed by atoms with E-state index < -0.39 is 0 Å². The van der Waals surface area contributed by atoms with E-state index in [2.05, 4.69) is 4.90 Å². The first-order valence-electron chi connectivity index (χ1n) is 8.41. The van der Waals surface area contributed by atoms with Crippen LogP contribution in [-0.4, -0.2) is 81.5 Å². The van der Waals surface area contributed by atoms with Crippen molar-refractivity contribution in [1.29, 1.82) is 0 Å². The topological polar surface area (TPSA) is 62.2 Å². The molecule has 2 rings (SSSR count). The van der Waals surface area contributed by atoms with Crippen molar-refractivity contribution >= 4 is 17.5 Å². The van der Waals surface area contributed by atoms with Gasteiger partial charge in [-0.2, -0.15) is 0 Å². The van der Waals surface area contributed by atoms with E-state index in [4.69, 9.17) is 21.1 Å². The van der Waals surface area contributed by atoms with E-state index in [-0.39, 0.29) is 24.3 Å². The summed E-state index contributed by atoms with van der Waals surface area (Å²) in [6.07, 6.45) is 0. The molecule has 0 unspecified atom stereocenters. The van der Waals surface area contributed by atoms with Crippen LogP contribution >= 0.6 is 11.6 Å². The van der Waals surface area contributed by atoms with E-state index in [9.17, 15) is 9.90 Å². The van der Waals surface area contributed by atoms with Crippen molar-refractivity contribution in [2.45, 2.75) is 0 Å². The highest BCUT2D eigenvalue weighted by Gasteiger charge is 2.36. The summed E-state index contributed by atoms with van der Waals surface area (Å²) in [6.45, 7) is 3.51. The van der Waals surface area contributed by atoms with E-state index in [0.717, 1.165) is 13.1 Å². The van der Waals surface area contributed by atoms with Crippen LogP contribution in [0.25, 0.3) is 0 Å². The third kappa shape index (κ3) is 5.07. The maximum atomic E-state index is 12.9. The zero-order valence-corrected chi connectivity index (χ0v) is 15.8. The van der Waals surface area contributed by atoms with E-state index in [0.29, 0.717) is 36.0 Å². The van der Waals surface area contributed by atoms with Gasteiger partial charge in [-0.1, -0.05) is 11.6 Å². The molecule has 1 saturated heterocycles. The third-order valence-electron chi connectivity index (χ3n) is 4.71. The van der Waals surface area contributed by atoms with E-state index >= 15 is 0 Å². The molecule has 1 heterocycles. The molecular weight excluding hydrogens is 344 g/mol. The Bertz CT molecular complexity index is 584. The van der Waals surface area contributed by atoms with Gasteiger partial charge in [0.2, 0.25) is 0 Å². The number of amides is 1. The number of ether oxygens (including phenoxy) is 2. The lowest BCUT2D eigenvalue weighted by atomic mass is 9.96. The molecule has 1 aliphatic rings. The van der Waals surface area contributed by atoms with E-state index in [1.54, 1.807) is 30.2 Å². The van der Waals surface area contributed by atoms with Gasteiger partial charge in [0.15, 0.2) is 0 Å². The number of hydrogen-bond acceptors (Lipinski definition) is 5. The number of likely N-dealkylation sites (tertiary alicyclic amines) is 1. The lowest BCUT2D eigenvalue weighted by Crippen LogP contribution is -2.33. The van der Waals surface area contributed by atoms with Gasteiger partial charge in [-0.15, -0.1) is 0 Å². The van der Waals surface area contributed by atoms with Crippen molar-refractivity contribution in [1.82, 2.24) is 9.80 Å². The number of carbonyl (C=O) groups is 1. The van der Waals surface area contributed by atoms with Gasteiger partial charge in [-0.3, -0.25) is 4.79 Å². The molecule has 0 spiro atoms. The molecule has 0 saturated carbocycles. The number of rotatable bonds is 8. The summed E-state index contributed by atoms with van der Waals surface area (Å²) >= 11 is 6.04. The quantitative estimate of drug-likeness (QED) is 0.753. The molecular formula is C18H27ClN2O4. The van der Waals surface area contributed by atoms with Gasteiger partial charge >= 0.3 is 0 Å². The number of benzene rings is 1. The average Bonchev–Trinajstić information content (AvgIpc) is 3.02. The zero-order chi connectivity index (χ0) is 18.4. The Morgan fingerprint density at radius 2 is 2.08 bits per heavy atom. The fourth-order valence-electron chi connectivity index (χ4n) is 3.27. The highest BCUT2D eigenvalue weighted by molar-refractivity contribution is 6.31. The fourth-order valence-corrected chi connectivity index (χ4v) is 3.45. The van der Waals surface area contributed by atoms with Crippen LogP contribution in [0.2, 0.25) is 5.02 Å². The molecule has 7 heteroatoms. The molecule has 0 aromatic heterocycles. The molecule has 1 aromatic carbocycles. The normalized spacial score (nSPS) is 20.3. The molecule has 0 aliphatic carbocycles. The van der Waals surface area contributed by atoms with Gasteiger partial charge in [0, 0.05) is 50.8 Å². The van der Waals surface area contributed by atoms with Crippen LogP contribution < -0.4 is 4.74 Å². The Morgan fingerprint density at radius 1 is 1.36 bits per heavy atom. The first-order valence-corrected chi connectivity index (χ1v) is 8.79. The van der Waals surface area contributed by atoms with Crippen molar-refractivity contribution in [2.75, 3.05) is 60.7 Å². The smallest absolute Gasteiger partial charge is 0.257 e. The fraction of sp³-hybridized carbons (Fsp3) is 0.611. The van der Waals surface area contributed by atoms with Gasteiger partial charge in [-0.05, 0) is 31.2 Å². The number of carbonyl (C=O) groups excluding carboxylic acids is 1. The summed E-state index contributed by atoms with van der Waals surface area (Å²) in [5.41, 5.74) is 0.458. The summed E-state index contributed by atoms with van der Waals surface area (Å²) in [7, 11) is 5.24. The molecule has 1 N–H and O–H groups in total. The number of likely N-dealkylation sites (N-methyl/N-ethyl adjacent to an activating group) is 1. The van der Waals surface area contributed by atoms with Crippen molar-refractivity contribution in [3.05, 3.63) is 28.8 Å². The van der Waals surface area contributed by atoms with Crippen LogP contribution in [0.5, 0.6) is 5.75 Å². The highest BCUT2D eigenvalue weighted by Crippen LogP contribution is 2.29. The lowest BCUT2D eigenvalue weighted by Gasteiger charge is -2.23. The second-order valence-corrected chi connectivity index (χ2v) is 6.95.